The summed E-state index contributed by atoms with van der Waals surface area (Å²) >= 11 is 0. The van der Waals surface area contributed by atoms with Crippen LogP contribution in [0.2, 0.25) is 0 Å². The van der Waals surface area contributed by atoms with Gasteiger partial charge in [0.2, 0.25) is 0 Å². The highest BCUT2D eigenvalue weighted by atomic mass is 16.3. The van der Waals surface area contributed by atoms with Crippen molar-refractivity contribution < 1.29 is 5.11 Å². The summed E-state index contributed by atoms with van der Waals surface area (Å²) in [6, 6.07) is 0. The first kappa shape index (κ1) is 11.0. The fourth-order valence-corrected chi connectivity index (χ4v) is 2.76. The lowest BCUT2D eigenvalue weighted by Crippen LogP contribution is -2.30. The molecule has 0 aliphatic heterocycles. The minimum absolute atomic E-state index is 0.0183. The van der Waals surface area contributed by atoms with Crippen LogP contribution in [0.5, 0.6) is 0 Å². The number of rotatable bonds is 4. The molecule has 0 saturated heterocycles. The van der Waals surface area contributed by atoms with Crippen LogP contribution in [0.1, 0.15) is 58.8 Å². The molecule has 3 unspecified atom stereocenters. The minimum Gasteiger partial charge on any atom is -0.393 e. The summed E-state index contributed by atoms with van der Waals surface area (Å²) in [7, 11) is 0. The molecule has 1 aliphatic carbocycles. The maximum atomic E-state index is 9.98. The van der Waals surface area contributed by atoms with E-state index in [0.29, 0.717) is 5.92 Å². The summed E-state index contributed by atoms with van der Waals surface area (Å²) in [5, 5.41) is 9.98. The van der Waals surface area contributed by atoms with Crippen molar-refractivity contribution >= 4 is 0 Å². The molecule has 0 heterocycles. The lowest BCUT2D eigenvalue weighted by molar-refractivity contribution is 0.0396. The normalized spacial score (nSPS) is 31.6. The molecular formula is C12H24O. The maximum Gasteiger partial charge on any atom is 0.0570 e. The molecule has 0 bridgehead atoms. The second-order valence-electron chi connectivity index (χ2n) is 4.47. The van der Waals surface area contributed by atoms with Gasteiger partial charge in [-0.25, -0.2) is 0 Å². The molecule has 0 aromatic heterocycles. The summed E-state index contributed by atoms with van der Waals surface area (Å²) in [5.41, 5.74) is 0. The van der Waals surface area contributed by atoms with Crippen molar-refractivity contribution in [3.05, 3.63) is 0 Å². The van der Waals surface area contributed by atoms with Crippen LogP contribution in [-0.2, 0) is 0 Å². The van der Waals surface area contributed by atoms with Crippen molar-refractivity contribution in [1.29, 1.82) is 0 Å². The molecule has 0 aromatic rings. The summed E-state index contributed by atoms with van der Waals surface area (Å²) < 4.78 is 0. The Morgan fingerprint density at radius 3 is 2.54 bits per heavy atom. The highest BCUT2D eigenvalue weighted by molar-refractivity contribution is 4.79. The second kappa shape index (κ2) is 5.64. The SMILES string of the molecule is CCCC(O)C1CCCCC1CC. The van der Waals surface area contributed by atoms with Gasteiger partial charge in [-0.1, -0.05) is 46.0 Å². The van der Waals surface area contributed by atoms with Gasteiger partial charge in [0.25, 0.3) is 0 Å². The fraction of sp³-hybridized carbons (Fsp3) is 1.00. The Kier molecular flexibility index (Phi) is 4.79. The van der Waals surface area contributed by atoms with Gasteiger partial charge in [0.05, 0.1) is 6.10 Å². The van der Waals surface area contributed by atoms with Gasteiger partial charge >= 0.3 is 0 Å². The van der Waals surface area contributed by atoms with Crippen molar-refractivity contribution in [2.45, 2.75) is 64.9 Å². The number of aliphatic hydroxyl groups excluding tert-OH is 1. The van der Waals surface area contributed by atoms with Crippen LogP contribution in [0.15, 0.2) is 0 Å². The Morgan fingerprint density at radius 2 is 1.92 bits per heavy atom. The van der Waals surface area contributed by atoms with Crippen molar-refractivity contribution in [2.24, 2.45) is 11.8 Å². The van der Waals surface area contributed by atoms with E-state index in [1.807, 2.05) is 0 Å². The standard InChI is InChI=1S/C12H24O/c1-3-7-12(13)11-9-6-5-8-10(11)4-2/h10-13H,3-9H2,1-2H3. The largest absolute Gasteiger partial charge is 0.393 e. The van der Waals surface area contributed by atoms with Crippen LogP contribution in [0, 0.1) is 11.8 Å². The Morgan fingerprint density at radius 1 is 1.23 bits per heavy atom. The van der Waals surface area contributed by atoms with Crippen LogP contribution in [0.4, 0.5) is 0 Å². The molecule has 1 fully saturated rings. The average Bonchev–Trinajstić information content (AvgIpc) is 2.18. The summed E-state index contributed by atoms with van der Waals surface area (Å²) in [5.74, 6) is 1.41. The Labute approximate surface area is 82.5 Å². The minimum atomic E-state index is -0.0183. The third kappa shape index (κ3) is 2.98. The Hall–Kier alpha value is -0.0400. The van der Waals surface area contributed by atoms with E-state index in [1.165, 1.54) is 32.1 Å². The molecule has 1 nitrogen and oxygen atoms in total. The van der Waals surface area contributed by atoms with E-state index in [-0.39, 0.29) is 6.10 Å². The molecule has 78 valence electrons. The van der Waals surface area contributed by atoms with Gasteiger partial charge in [0.15, 0.2) is 0 Å². The van der Waals surface area contributed by atoms with E-state index in [0.717, 1.165) is 18.8 Å². The number of aliphatic hydroxyl groups is 1. The van der Waals surface area contributed by atoms with E-state index in [4.69, 9.17) is 0 Å². The molecule has 1 saturated carbocycles. The molecule has 1 heteroatoms. The predicted octanol–water partition coefficient (Wildman–Crippen LogP) is 3.36. The van der Waals surface area contributed by atoms with E-state index >= 15 is 0 Å². The van der Waals surface area contributed by atoms with Gasteiger partial charge in [-0.05, 0) is 24.7 Å². The smallest absolute Gasteiger partial charge is 0.0570 e. The number of hydrogen-bond acceptors (Lipinski definition) is 1. The van der Waals surface area contributed by atoms with Gasteiger partial charge in [0, 0.05) is 0 Å². The van der Waals surface area contributed by atoms with Crippen LogP contribution >= 0.6 is 0 Å². The summed E-state index contributed by atoms with van der Waals surface area (Å²) in [6.07, 6.45) is 8.69. The van der Waals surface area contributed by atoms with Crippen LogP contribution in [-0.4, -0.2) is 11.2 Å². The van der Waals surface area contributed by atoms with Gasteiger partial charge in [-0.15, -0.1) is 0 Å². The molecule has 0 spiro atoms. The van der Waals surface area contributed by atoms with Gasteiger partial charge < -0.3 is 5.11 Å². The van der Waals surface area contributed by atoms with Gasteiger partial charge in [-0.2, -0.15) is 0 Å². The zero-order valence-electron chi connectivity index (χ0n) is 9.13. The fourth-order valence-electron chi connectivity index (χ4n) is 2.76. The van der Waals surface area contributed by atoms with Crippen LogP contribution in [0.25, 0.3) is 0 Å². The lowest BCUT2D eigenvalue weighted by Gasteiger charge is -2.34. The quantitative estimate of drug-likeness (QED) is 0.710. The van der Waals surface area contributed by atoms with E-state index in [9.17, 15) is 5.11 Å². The van der Waals surface area contributed by atoms with Crippen molar-refractivity contribution in [3.63, 3.8) is 0 Å². The maximum absolute atomic E-state index is 9.98. The molecular weight excluding hydrogens is 160 g/mol. The Bertz CT molecular complexity index is 133. The van der Waals surface area contributed by atoms with Crippen molar-refractivity contribution in [3.8, 4) is 0 Å². The third-order valence-corrected chi connectivity index (χ3v) is 3.57. The molecule has 1 aliphatic rings. The molecule has 0 radical (unpaired) electrons. The molecule has 3 atom stereocenters. The van der Waals surface area contributed by atoms with E-state index < -0.39 is 0 Å². The first-order chi connectivity index (χ1) is 6.29. The lowest BCUT2D eigenvalue weighted by atomic mass is 9.74. The first-order valence-corrected chi connectivity index (χ1v) is 5.97. The zero-order chi connectivity index (χ0) is 9.68. The Balaban J connectivity index is 2.43. The average molecular weight is 184 g/mol. The van der Waals surface area contributed by atoms with Crippen LogP contribution in [0.3, 0.4) is 0 Å². The monoisotopic (exact) mass is 184 g/mol. The highest BCUT2D eigenvalue weighted by Crippen LogP contribution is 2.35. The third-order valence-electron chi connectivity index (χ3n) is 3.57. The van der Waals surface area contributed by atoms with Crippen molar-refractivity contribution in [2.75, 3.05) is 0 Å². The first-order valence-electron chi connectivity index (χ1n) is 5.97. The zero-order valence-corrected chi connectivity index (χ0v) is 9.13. The summed E-state index contributed by atoms with van der Waals surface area (Å²) in [6.45, 7) is 4.43. The van der Waals surface area contributed by atoms with Crippen LogP contribution < -0.4 is 0 Å². The molecule has 13 heavy (non-hydrogen) atoms. The summed E-state index contributed by atoms with van der Waals surface area (Å²) in [4.78, 5) is 0. The molecule has 1 N–H and O–H groups in total. The molecule has 0 amide bonds. The number of hydrogen-bond donors (Lipinski definition) is 1. The highest BCUT2D eigenvalue weighted by Gasteiger charge is 2.28. The van der Waals surface area contributed by atoms with Gasteiger partial charge in [-0.3, -0.25) is 0 Å². The molecule has 1 rings (SSSR count). The topological polar surface area (TPSA) is 20.2 Å². The van der Waals surface area contributed by atoms with Gasteiger partial charge in [0.1, 0.15) is 0 Å². The molecule has 0 aromatic carbocycles. The van der Waals surface area contributed by atoms with E-state index in [1.54, 1.807) is 0 Å². The predicted molar refractivity (Wildman–Crippen MR) is 56.7 cm³/mol. The second-order valence-corrected chi connectivity index (χ2v) is 4.47. The van der Waals surface area contributed by atoms with E-state index in [2.05, 4.69) is 13.8 Å². The van der Waals surface area contributed by atoms with Crippen molar-refractivity contribution in [1.82, 2.24) is 0 Å².